The molecule has 0 bridgehead atoms. The van der Waals surface area contributed by atoms with Crippen LogP contribution in [0.25, 0.3) is 0 Å². The quantitative estimate of drug-likeness (QED) is 0.576. The summed E-state index contributed by atoms with van der Waals surface area (Å²) < 4.78 is 4.81. The molecule has 2 aliphatic heterocycles. The van der Waals surface area contributed by atoms with E-state index >= 15 is 0 Å². The first-order valence-electron chi connectivity index (χ1n) is 11.7. The van der Waals surface area contributed by atoms with Crippen LogP contribution >= 0.6 is 0 Å². The van der Waals surface area contributed by atoms with E-state index in [1.807, 2.05) is 25.1 Å². The van der Waals surface area contributed by atoms with Crippen molar-refractivity contribution in [3.63, 3.8) is 0 Å². The molecule has 2 aromatic carbocycles. The maximum atomic E-state index is 13.3. The Labute approximate surface area is 204 Å². The van der Waals surface area contributed by atoms with Crippen LogP contribution in [0.2, 0.25) is 0 Å². The number of amides is 4. The molecule has 184 valence electrons. The van der Waals surface area contributed by atoms with Crippen molar-refractivity contribution in [2.24, 2.45) is 0 Å². The first-order chi connectivity index (χ1) is 16.8. The molecule has 1 unspecified atom stereocenters. The van der Waals surface area contributed by atoms with Crippen LogP contribution in [0, 0.1) is 0 Å². The minimum Gasteiger partial charge on any atom is -0.375 e. The van der Waals surface area contributed by atoms with Gasteiger partial charge >= 0.3 is 0 Å². The number of carbonyl (C=O) groups excluding carboxylic acids is 4. The SMILES string of the molecule is COCC(=O)Nc1cccc(CNC(=O)CCCN2C(=O)c3ccccc3N3C(=O)CCC23C)c1. The minimum atomic E-state index is -0.716. The summed E-state index contributed by atoms with van der Waals surface area (Å²) >= 11 is 0. The van der Waals surface area contributed by atoms with E-state index in [9.17, 15) is 19.2 Å². The second-order valence-corrected chi connectivity index (χ2v) is 8.98. The van der Waals surface area contributed by atoms with Gasteiger partial charge in [-0.2, -0.15) is 0 Å². The van der Waals surface area contributed by atoms with E-state index in [1.165, 1.54) is 7.11 Å². The molecular formula is C26H30N4O5. The fourth-order valence-electron chi connectivity index (χ4n) is 4.82. The number of benzene rings is 2. The molecule has 0 radical (unpaired) electrons. The highest BCUT2D eigenvalue weighted by atomic mass is 16.5. The van der Waals surface area contributed by atoms with Crippen LogP contribution < -0.4 is 15.5 Å². The van der Waals surface area contributed by atoms with Crippen LogP contribution in [0.3, 0.4) is 0 Å². The smallest absolute Gasteiger partial charge is 0.257 e. The van der Waals surface area contributed by atoms with E-state index in [-0.39, 0.29) is 36.7 Å². The summed E-state index contributed by atoms with van der Waals surface area (Å²) in [4.78, 5) is 53.5. The van der Waals surface area contributed by atoms with Crippen molar-refractivity contribution in [1.82, 2.24) is 10.2 Å². The Kier molecular flexibility index (Phi) is 7.16. The molecule has 0 aliphatic carbocycles. The van der Waals surface area contributed by atoms with Crippen molar-refractivity contribution in [3.05, 3.63) is 59.7 Å². The van der Waals surface area contributed by atoms with Gasteiger partial charge in [0, 0.05) is 38.7 Å². The first kappa shape index (κ1) is 24.4. The largest absolute Gasteiger partial charge is 0.375 e. The topological polar surface area (TPSA) is 108 Å². The third-order valence-electron chi connectivity index (χ3n) is 6.51. The molecule has 2 aliphatic rings. The Morgan fingerprint density at radius 3 is 2.69 bits per heavy atom. The molecular weight excluding hydrogens is 448 g/mol. The average molecular weight is 479 g/mol. The highest BCUT2D eigenvalue weighted by Gasteiger charge is 2.52. The van der Waals surface area contributed by atoms with Crippen molar-refractivity contribution in [1.29, 1.82) is 0 Å². The number of nitrogens with zero attached hydrogens (tertiary/aromatic N) is 2. The zero-order valence-corrected chi connectivity index (χ0v) is 20.0. The monoisotopic (exact) mass is 478 g/mol. The van der Waals surface area contributed by atoms with Crippen LogP contribution in [-0.4, -0.2) is 54.5 Å². The number of carbonyl (C=O) groups is 4. The third-order valence-corrected chi connectivity index (χ3v) is 6.51. The van der Waals surface area contributed by atoms with Gasteiger partial charge in [0.25, 0.3) is 5.91 Å². The van der Waals surface area contributed by atoms with E-state index in [4.69, 9.17) is 4.74 Å². The maximum Gasteiger partial charge on any atom is 0.257 e. The van der Waals surface area contributed by atoms with Gasteiger partial charge in [0.05, 0.1) is 11.3 Å². The molecule has 1 atom stereocenters. The number of rotatable bonds is 9. The molecule has 2 heterocycles. The van der Waals surface area contributed by atoms with Crippen molar-refractivity contribution in [2.75, 3.05) is 30.5 Å². The summed E-state index contributed by atoms with van der Waals surface area (Å²) in [6.45, 7) is 2.59. The lowest BCUT2D eigenvalue weighted by Gasteiger charge is -2.48. The van der Waals surface area contributed by atoms with Gasteiger partial charge in [-0.3, -0.25) is 24.1 Å². The fourth-order valence-corrected chi connectivity index (χ4v) is 4.82. The lowest BCUT2D eigenvalue weighted by atomic mass is 9.98. The number of ether oxygens (including phenoxy) is 1. The van der Waals surface area contributed by atoms with Gasteiger partial charge in [-0.05, 0) is 49.6 Å². The predicted octanol–water partition coefficient (Wildman–Crippen LogP) is 2.67. The molecule has 4 amide bonds. The lowest BCUT2D eigenvalue weighted by molar-refractivity contribution is -0.122. The number of fused-ring (bicyclic) bond motifs is 3. The summed E-state index contributed by atoms with van der Waals surface area (Å²) in [6, 6.07) is 14.4. The molecule has 0 spiro atoms. The predicted molar refractivity (Wildman–Crippen MR) is 131 cm³/mol. The van der Waals surface area contributed by atoms with Crippen molar-refractivity contribution in [3.8, 4) is 0 Å². The average Bonchev–Trinajstić information content (AvgIpc) is 3.15. The number of nitrogens with one attached hydrogen (secondary N) is 2. The summed E-state index contributed by atoms with van der Waals surface area (Å²) in [5.74, 6) is -0.481. The molecule has 1 saturated heterocycles. The summed E-state index contributed by atoms with van der Waals surface area (Å²) in [6.07, 6.45) is 1.68. The summed E-state index contributed by atoms with van der Waals surface area (Å²) in [5, 5.41) is 5.62. The number of para-hydroxylation sites is 1. The van der Waals surface area contributed by atoms with Crippen LogP contribution in [0.15, 0.2) is 48.5 Å². The van der Waals surface area contributed by atoms with Crippen molar-refractivity contribution >= 4 is 35.0 Å². The van der Waals surface area contributed by atoms with Gasteiger partial charge in [0.2, 0.25) is 17.7 Å². The fraction of sp³-hybridized carbons (Fsp3) is 0.385. The van der Waals surface area contributed by atoms with E-state index in [0.29, 0.717) is 49.3 Å². The highest BCUT2D eigenvalue weighted by Crippen LogP contribution is 2.44. The number of anilines is 2. The molecule has 0 aromatic heterocycles. The van der Waals surface area contributed by atoms with Gasteiger partial charge in [0.1, 0.15) is 12.3 Å². The van der Waals surface area contributed by atoms with E-state index < -0.39 is 5.66 Å². The molecule has 35 heavy (non-hydrogen) atoms. The molecule has 2 aromatic rings. The van der Waals surface area contributed by atoms with Gasteiger partial charge < -0.3 is 20.3 Å². The Balaban J connectivity index is 1.32. The molecule has 9 heteroatoms. The molecule has 1 fully saturated rings. The second-order valence-electron chi connectivity index (χ2n) is 8.98. The van der Waals surface area contributed by atoms with Crippen LogP contribution in [0.4, 0.5) is 11.4 Å². The van der Waals surface area contributed by atoms with Crippen molar-refractivity contribution < 1.29 is 23.9 Å². The van der Waals surface area contributed by atoms with Gasteiger partial charge in [-0.1, -0.05) is 24.3 Å². The van der Waals surface area contributed by atoms with Crippen LogP contribution in [0.1, 0.15) is 48.5 Å². The molecule has 0 saturated carbocycles. The molecule has 2 N–H and O–H groups in total. The molecule has 4 rings (SSSR count). The zero-order valence-electron chi connectivity index (χ0n) is 20.0. The Hall–Kier alpha value is -3.72. The highest BCUT2D eigenvalue weighted by molar-refractivity contribution is 6.10. The van der Waals surface area contributed by atoms with E-state index in [0.717, 1.165) is 5.56 Å². The van der Waals surface area contributed by atoms with Gasteiger partial charge in [-0.25, -0.2) is 0 Å². The minimum absolute atomic E-state index is 0.0100. The van der Waals surface area contributed by atoms with Gasteiger partial charge in [0.15, 0.2) is 0 Å². The maximum absolute atomic E-state index is 13.3. The lowest BCUT2D eigenvalue weighted by Crippen LogP contribution is -2.62. The normalized spacial score (nSPS) is 18.8. The Morgan fingerprint density at radius 2 is 1.89 bits per heavy atom. The number of hydrogen-bond acceptors (Lipinski definition) is 5. The Morgan fingerprint density at radius 1 is 1.09 bits per heavy atom. The van der Waals surface area contributed by atoms with E-state index in [1.54, 1.807) is 40.1 Å². The number of methoxy groups -OCH3 is 1. The van der Waals surface area contributed by atoms with Gasteiger partial charge in [-0.15, -0.1) is 0 Å². The molecule has 9 nitrogen and oxygen atoms in total. The van der Waals surface area contributed by atoms with Crippen molar-refractivity contribution in [2.45, 2.75) is 44.8 Å². The summed E-state index contributed by atoms with van der Waals surface area (Å²) in [5.41, 5.74) is 1.95. The zero-order chi connectivity index (χ0) is 25.0. The van der Waals surface area contributed by atoms with Crippen LogP contribution in [-0.2, 0) is 25.7 Å². The first-order valence-corrected chi connectivity index (χ1v) is 11.7. The standard InChI is InChI=1S/C26H30N4O5/c1-26-13-12-24(33)30(26)21-10-4-3-9-20(21)25(34)29(26)14-6-11-22(31)27-16-18-7-5-8-19(15-18)28-23(32)17-35-2/h3-5,7-10,15H,6,11-14,16-17H2,1-2H3,(H,27,31)(H,28,32). The van der Waals surface area contributed by atoms with E-state index in [2.05, 4.69) is 10.6 Å². The second kappa shape index (κ2) is 10.3. The van der Waals surface area contributed by atoms with Crippen LogP contribution in [0.5, 0.6) is 0 Å². The summed E-state index contributed by atoms with van der Waals surface area (Å²) in [7, 11) is 1.45. The number of hydrogen-bond donors (Lipinski definition) is 2. The third kappa shape index (κ3) is 5.05. The Bertz CT molecular complexity index is 1150.